The zero-order valence-electron chi connectivity index (χ0n) is 22.8. The Morgan fingerprint density at radius 1 is 1.00 bits per heavy atom. The molecule has 0 aliphatic heterocycles. The van der Waals surface area contributed by atoms with E-state index in [4.69, 9.17) is 14.2 Å². The van der Waals surface area contributed by atoms with Crippen LogP contribution < -0.4 is 4.74 Å². The number of fused-ring (bicyclic) bond motifs is 5. The minimum Gasteiger partial charge on any atom is -0.494 e. The maximum absolute atomic E-state index is 6.52. The molecule has 0 spiro atoms. The second-order valence-electron chi connectivity index (χ2n) is 13.0. The lowest BCUT2D eigenvalue weighted by Crippen LogP contribution is -2.44. The lowest BCUT2D eigenvalue weighted by molar-refractivity contribution is -0.0737. The molecule has 2 saturated carbocycles. The molecular formula is C31H50O3. The van der Waals surface area contributed by atoms with Crippen LogP contribution >= 0.6 is 0 Å². The lowest BCUT2D eigenvalue weighted by Gasteiger charge is -2.50. The Labute approximate surface area is 209 Å². The first-order valence-electron chi connectivity index (χ1n) is 14.2. The number of hydrogen-bond donors (Lipinski definition) is 0. The molecule has 0 unspecified atom stereocenters. The van der Waals surface area contributed by atoms with Crippen LogP contribution in [-0.2, 0) is 15.9 Å². The van der Waals surface area contributed by atoms with Crippen LogP contribution in [0.15, 0.2) is 18.2 Å². The molecule has 0 N–H and O–H groups in total. The first kappa shape index (κ1) is 26.0. The van der Waals surface area contributed by atoms with Crippen molar-refractivity contribution in [2.75, 3.05) is 19.8 Å². The normalized spacial score (nSPS) is 30.7. The van der Waals surface area contributed by atoms with Gasteiger partial charge in [-0.2, -0.15) is 0 Å². The Hall–Kier alpha value is -1.06. The van der Waals surface area contributed by atoms with Crippen molar-refractivity contribution in [3.63, 3.8) is 0 Å². The summed E-state index contributed by atoms with van der Waals surface area (Å²) in [6.45, 7) is 15.9. The van der Waals surface area contributed by atoms with Gasteiger partial charge in [-0.05, 0) is 131 Å². The third-order valence-corrected chi connectivity index (χ3v) is 8.95. The summed E-state index contributed by atoms with van der Waals surface area (Å²) < 4.78 is 18.5. The van der Waals surface area contributed by atoms with E-state index in [0.29, 0.717) is 11.5 Å². The number of benzene rings is 1. The van der Waals surface area contributed by atoms with Gasteiger partial charge in [-0.1, -0.05) is 26.8 Å². The smallest absolute Gasteiger partial charge is 0.119 e. The van der Waals surface area contributed by atoms with E-state index in [9.17, 15) is 0 Å². The summed E-state index contributed by atoms with van der Waals surface area (Å²) in [4.78, 5) is 0. The van der Waals surface area contributed by atoms with E-state index in [1.54, 1.807) is 11.1 Å². The second-order valence-corrected chi connectivity index (χ2v) is 13.0. The fraction of sp³-hybridized carbons (Fsp3) is 0.806. The third-order valence-electron chi connectivity index (χ3n) is 8.95. The first-order chi connectivity index (χ1) is 16.2. The molecule has 4 rings (SSSR count). The van der Waals surface area contributed by atoms with Crippen LogP contribution in [0.4, 0.5) is 0 Å². The molecule has 2 fully saturated rings. The molecule has 3 aliphatic carbocycles. The van der Waals surface area contributed by atoms with Crippen molar-refractivity contribution in [1.29, 1.82) is 0 Å². The quantitative estimate of drug-likeness (QED) is 0.325. The van der Waals surface area contributed by atoms with Crippen molar-refractivity contribution in [3.05, 3.63) is 29.3 Å². The molecule has 5 atom stereocenters. The van der Waals surface area contributed by atoms with Crippen LogP contribution in [0, 0.1) is 23.2 Å². The topological polar surface area (TPSA) is 27.7 Å². The average Bonchev–Trinajstić information content (AvgIpc) is 3.11. The third kappa shape index (κ3) is 6.01. The summed E-state index contributed by atoms with van der Waals surface area (Å²) in [5, 5.41) is 0. The van der Waals surface area contributed by atoms with Gasteiger partial charge in [-0.25, -0.2) is 0 Å². The van der Waals surface area contributed by atoms with E-state index in [0.717, 1.165) is 62.1 Å². The highest BCUT2D eigenvalue weighted by molar-refractivity contribution is 5.40. The maximum atomic E-state index is 6.52. The minimum atomic E-state index is -0.0548. The summed E-state index contributed by atoms with van der Waals surface area (Å²) in [6.07, 6.45) is 11.5. The highest BCUT2D eigenvalue weighted by Gasteiger charge is 2.55. The molecule has 0 amide bonds. The van der Waals surface area contributed by atoms with Gasteiger partial charge in [0, 0.05) is 13.2 Å². The van der Waals surface area contributed by atoms with Gasteiger partial charge in [0.05, 0.1) is 18.3 Å². The van der Waals surface area contributed by atoms with Crippen molar-refractivity contribution >= 4 is 0 Å². The van der Waals surface area contributed by atoms with Crippen molar-refractivity contribution in [1.82, 2.24) is 0 Å². The van der Waals surface area contributed by atoms with Gasteiger partial charge >= 0.3 is 0 Å². The van der Waals surface area contributed by atoms with E-state index >= 15 is 0 Å². The van der Waals surface area contributed by atoms with Crippen molar-refractivity contribution in [2.24, 2.45) is 23.2 Å². The summed E-state index contributed by atoms with van der Waals surface area (Å²) in [5.41, 5.74) is 3.47. The molecule has 3 aliphatic rings. The van der Waals surface area contributed by atoms with E-state index in [1.165, 1.54) is 44.9 Å². The van der Waals surface area contributed by atoms with Crippen molar-refractivity contribution in [3.8, 4) is 5.75 Å². The molecule has 1 aromatic rings. The van der Waals surface area contributed by atoms with E-state index in [1.807, 2.05) is 0 Å². The maximum Gasteiger partial charge on any atom is 0.119 e. The minimum absolute atomic E-state index is 0.0548. The molecule has 3 heteroatoms. The van der Waals surface area contributed by atoms with Crippen LogP contribution in [0.5, 0.6) is 5.75 Å². The second kappa shape index (κ2) is 10.9. The summed E-state index contributed by atoms with van der Waals surface area (Å²) in [7, 11) is 0. The van der Waals surface area contributed by atoms with Crippen LogP contribution in [-0.4, -0.2) is 31.5 Å². The summed E-state index contributed by atoms with van der Waals surface area (Å²) >= 11 is 0. The number of rotatable bonds is 10. The molecule has 0 heterocycles. The molecule has 0 bridgehead atoms. The van der Waals surface area contributed by atoms with Crippen molar-refractivity contribution in [2.45, 2.75) is 117 Å². The fourth-order valence-electron chi connectivity index (χ4n) is 7.22. The van der Waals surface area contributed by atoms with Gasteiger partial charge in [0.2, 0.25) is 0 Å². The molecule has 192 valence electrons. The van der Waals surface area contributed by atoms with Crippen LogP contribution in [0.3, 0.4) is 0 Å². The zero-order valence-corrected chi connectivity index (χ0v) is 22.8. The highest BCUT2D eigenvalue weighted by atomic mass is 16.5. The lowest BCUT2D eigenvalue weighted by atomic mass is 9.55. The highest BCUT2D eigenvalue weighted by Crippen LogP contribution is 2.61. The van der Waals surface area contributed by atoms with Crippen LogP contribution in [0.2, 0.25) is 0 Å². The summed E-state index contributed by atoms with van der Waals surface area (Å²) in [5.74, 6) is 4.19. The van der Waals surface area contributed by atoms with Gasteiger partial charge in [-0.3, -0.25) is 0 Å². The SMILES string of the molecule is CC(C)CCCOc1ccc2c(c1)CC[C@@H]1[C@@H]2CC[C@]2(C)[C@@H](OCCCOC(C)(C)C)CC[C@@H]12. The largest absolute Gasteiger partial charge is 0.494 e. The summed E-state index contributed by atoms with van der Waals surface area (Å²) in [6, 6.07) is 7.00. The fourth-order valence-corrected chi connectivity index (χ4v) is 7.22. The predicted octanol–water partition coefficient (Wildman–Crippen LogP) is 7.95. The standard InChI is InChI=1S/C31H50O3/c1-22(2)9-7-18-32-24-11-13-25-23(21-24)10-12-27-26(25)16-17-31(6)28(27)14-15-29(31)33-19-8-20-34-30(3,4)5/h11,13,21-22,26-29H,7-10,12,14-20H2,1-6H3/t26-,27-,28+,29+,31+/m1/s1. The number of ether oxygens (including phenoxy) is 3. The Morgan fingerprint density at radius 2 is 1.82 bits per heavy atom. The Bertz CT molecular complexity index is 794. The molecule has 0 radical (unpaired) electrons. The van der Waals surface area contributed by atoms with E-state index < -0.39 is 0 Å². The van der Waals surface area contributed by atoms with Gasteiger partial charge in [0.25, 0.3) is 0 Å². The molecule has 0 saturated heterocycles. The average molecular weight is 471 g/mol. The molecule has 34 heavy (non-hydrogen) atoms. The van der Waals surface area contributed by atoms with Crippen molar-refractivity contribution < 1.29 is 14.2 Å². The Kier molecular flexibility index (Phi) is 8.35. The predicted molar refractivity (Wildman–Crippen MR) is 141 cm³/mol. The zero-order chi connectivity index (χ0) is 24.3. The Balaban J connectivity index is 1.32. The van der Waals surface area contributed by atoms with Crippen LogP contribution in [0.25, 0.3) is 0 Å². The Morgan fingerprint density at radius 3 is 2.59 bits per heavy atom. The monoisotopic (exact) mass is 470 g/mol. The van der Waals surface area contributed by atoms with Gasteiger partial charge in [-0.15, -0.1) is 0 Å². The molecular weight excluding hydrogens is 420 g/mol. The van der Waals surface area contributed by atoms with Gasteiger partial charge in [0.1, 0.15) is 5.75 Å². The van der Waals surface area contributed by atoms with Gasteiger partial charge in [0.15, 0.2) is 0 Å². The van der Waals surface area contributed by atoms with E-state index in [2.05, 4.69) is 59.7 Å². The number of aryl methyl sites for hydroxylation is 1. The van der Waals surface area contributed by atoms with Crippen LogP contribution in [0.1, 0.15) is 110 Å². The van der Waals surface area contributed by atoms with Gasteiger partial charge < -0.3 is 14.2 Å². The molecule has 0 aromatic heterocycles. The number of hydrogen-bond acceptors (Lipinski definition) is 3. The molecule has 3 nitrogen and oxygen atoms in total. The molecule has 1 aromatic carbocycles. The first-order valence-corrected chi connectivity index (χ1v) is 14.2. The van der Waals surface area contributed by atoms with E-state index in [-0.39, 0.29) is 5.60 Å².